The number of fused-ring (bicyclic) bond motifs is 1. The van der Waals surface area contributed by atoms with Gasteiger partial charge in [0.15, 0.2) is 0 Å². The molecular formula is C19H25BrN4. The molecule has 24 heavy (non-hydrogen) atoms. The standard InChI is InChI=1S/C19H25BrN4/c1-2-22-10-12-23(13-11-22)15-7-9-24(14-15)18-6-8-21-19-16(18)4-3-5-17(19)20/h3-6,8,15H,2,7,9-14H2,1H3. The van der Waals surface area contributed by atoms with Crippen LogP contribution < -0.4 is 4.90 Å². The maximum Gasteiger partial charge on any atom is 0.0864 e. The third kappa shape index (κ3) is 3.05. The molecule has 0 spiro atoms. The molecule has 0 saturated carbocycles. The molecule has 1 aromatic carbocycles. The first-order valence-corrected chi connectivity index (χ1v) is 9.80. The number of para-hydroxylation sites is 1. The number of anilines is 1. The van der Waals surface area contributed by atoms with E-state index in [-0.39, 0.29) is 0 Å². The van der Waals surface area contributed by atoms with Gasteiger partial charge in [-0.2, -0.15) is 0 Å². The molecule has 0 radical (unpaired) electrons. The summed E-state index contributed by atoms with van der Waals surface area (Å²) in [5.41, 5.74) is 2.39. The van der Waals surface area contributed by atoms with Crippen LogP contribution in [0, 0.1) is 0 Å². The lowest BCUT2D eigenvalue weighted by Gasteiger charge is -2.37. The van der Waals surface area contributed by atoms with Crippen LogP contribution in [0.1, 0.15) is 13.3 Å². The van der Waals surface area contributed by atoms with Crippen LogP contribution in [0.3, 0.4) is 0 Å². The van der Waals surface area contributed by atoms with E-state index in [9.17, 15) is 0 Å². The maximum atomic E-state index is 4.55. The van der Waals surface area contributed by atoms with Crippen molar-refractivity contribution in [3.05, 3.63) is 34.9 Å². The van der Waals surface area contributed by atoms with Gasteiger partial charge in [-0.3, -0.25) is 9.88 Å². The molecule has 4 nitrogen and oxygen atoms in total. The molecule has 2 aliphatic heterocycles. The highest BCUT2D eigenvalue weighted by Crippen LogP contribution is 2.32. The molecule has 0 N–H and O–H groups in total. The Hall–Kier alpha value is -1.17. The third-order valence-electron chi connectivity index (χ3n) is 5.57. The van der Waals surface area contributed by atoms with Crippen molar-refractivity contribution in [1.82, 2.24) is 14.8 Å². The Labute approximate surface area is 152 Å². The van der Waals surface area contributed by atoms with Crippen LogP contribution in [0.4, 0.5) is 5.69 Å². The summed E-state index contributed by atoms with van der Waals surface area (Å²) in [5, 5.41) is 1.25. The first-order chi connectivity index (χ1) is 11.8. The fourth-order valence-corrected chi connectivity index (χ4v) is 4.57. The molecule has 2 aromatic rings. The topological polar surface area (TPSA) is 22.6 Å². The lowest BCUT2D eigenvalue weighted by molar-refractivity contribution is 0.107. The van der Waals surface area contributed by atoms with E-state index < -0.39 is 0 Å². The Morgan fingerprint density at radius 3 is 2.75 bits per heavy atom. The van der Waals surface area contributed by atoms with Gasteiger partial charge < -0.3 is 9.80 Å². The molecule has 4 rings (SSSR count). The van der Waals surface area contributed by atoms with E-state index >= 15 is 0 Å². The molecule has 1 unspecified atom stereocenters. The number of rotatable bonds is 3. The molecule has 2 aliphatic rings. The average molecular weight is 389 g/mol. The van der Waals surface area contributed by atoms with Gasteiger partial charge in [0, 0.05) is 67.1 Å². The maximum absolute atomic E-state index is 4.55. The van der Waals surface area contributed by atoms with Crippen LogP contribution in [0.15, 0.2) is 34.9 Å². The molecule has 3 heterocycles. The smallest absolute Gasteiger partial charge is 0.0864 e. The minimum Gasteiger partial charge on any atom is -0.369 e. The number of halogens is 1. The number of pyridine rings is 1. The van der Waals surface area contributed by atoms with Gasteiger partial charge in [0.1, 0.15) is 0 Å². The minimum absolute atomic E-state index is 0.694. The third-order valence-corrected chi connectivity index (χ3v) is 6.21. The van der Waals surface area contributed by atoms with Crippen molar-refractivity contribution in [3.63, 3.8) is 0 Å². The number of piperazine rings is 1. The van der Waals surface area contributed by atoms with Gasteiger partial charge in [-0.05, 0) is 41.0 Å². The first kappa shape index (κ1) is 16.3. The summed E-state index contributed by atoms with van der Waals surface area (Å²) in [7, 11) is 0. The molecule has 2 saturated heterocycles. The highest BCUT2D eigenvalue weighted by molar-refractivity contribution is 9.10. The Bertz CT molecular complexity index is 712. The summed E-state index contributed by atoms with van der Waals surface area (Å²) < 4.78 is 1.08. The van der Waals surface area contributed by atoms with Crippen molar-refractivity contribution in [1.29, 1.82) is 0 Å². The molecule has 2 fully saturated rings. The Morgan fingerprint density at radius 1 is 1.12 bits per heavy atom. The zero-order chi connectivity index (χ0) is 16.5. The number of hydrogen-bond donors (Lipinski definition) is 0. The van der Waals surface area contributed by atoms with Crippen LogP contribution in [0.2, 0.25) is 0 Å². The van der Waals surface area contributed by atoms with Gasteiger partial charge in [-0.1, -0.05) is 19.1 Å². The van der Waals surface area contributed by atoms with Crippen molar-refractivity contribution < 1.29 is 0 Å². The predicted octanol–water partition coefficient (Wildman–Crippen LogP) is 3.21. The van der Waals surface area contributed by atoms with Crippen molar-refractivity contribution in [2.45, 2.75) is 19.4 Å². The van der Waals surface area contributed by atoms with Crippen LogP contribution >= 0.6 is 15.9 Å². The van der Waals surface area contributed by atoms with Crippen molar-refractivity contribution in [2.24, 2.45) is 0 Å². The lowest BCUT2D eigenvalue weighted by atomic mass is 10.1. The number of likely N-dealkylation sites (N-methyl/N-ethyl adjacent to an activating group) is 1. The van der Waals surface area contributed by atoms with Gasteiger partial charge in [-0.15, -0.1) is 0 Å². The molecule has 128 valence electrons. The highest BCUT2D eigenvalue weighted by Gasteiger charge is 2.30. The van der Waals surface area contributed by atoms with Crippen molar-refractivity contribution in [3.8, 4) is 0 Å². The second-order valence-corrected chi connectivity index (χ2v) is 7.68. The van der Waals surface area contributed by atoms with Gasteiger partial charge in [0.2, 0.25) is 0 Å². The fourth-order valence-electron chi connectivity index (χ4n) is 4.10. The summed E-state index contributed by atoms with van der Waals surface area (Å²) >= 11 is 3.63. The van der Waals surface area contributed by atoms with E-state index in [1.54, 1.807) is 0 Å². The van der Waals surface area contributed by atoms with E-state index in [1.807, 2.05) is 6.20 Å². The lowest BCUT2D eigenvalue weighted by Crippen LogP contribution is -2.50. The van der Waals surface area contributed by atoms with E-state index in [2.05, 4.69) is 66.8 Å². The second kappa shape index (κ2) is 6.98. The highest BCUT2D eigenvalue weighted by atomic mass is 79.9. The van der Waals surface area contributed by atoms with E-state index in [4.69, 9.17) is 0 Å². The van der Waals surface area contributed by atoms with Crippen molar-refractivity contribution >= 4 is 32.5 Å². The summed E-state index contributed by atoms with van der Waals surface area (Å²) in [6.45, 7) is 10.6. The fraction of sp³-hybridized carbons (Fsp3) is 0.526. The van der Waals surface area contributed by atoms with Crippen molar-refractivity contribution in [2.75, 3.05) is 50.7 Å². The average Bonchev–Trinajstić information content (AvgIpc) is 3.12. The van der Waals surface area contributed by atoms with Gasteiger partial charge in [-0.25, -0.2) is 0 Å². The summed E-state index contributed by atoms with van der Waals surface area (Å²) in [6, 6.07) is 9.23. The molecule has 1 aromatic heterocycles. The molecule has 1 atom stereocenters. The van der Waals surface area contributed by atoms with E-state index in [0.717, 1.165) is 23.1 Å². The Morgan fingerprint density at radius 2 is 1.96 bits per heavy atom. The number of hydrogen-bond acceptors (Lipinski definition) is 4. The minimum atomic E-state index is 0.694. The van der Waals surface area contributed by atoms with Crippen LogP contribution in [-0.4, -0.2) is 66.6 Å². The van der Waals surface area contributed by atoms with Gasteiger partial charge in [0.05, 0.1) is 5.52 Å². The number of nitrogens with zero attached hydrogens (tertiary/aromatic N) is 4. The number of benzene rings is 1. The van der Waals surface area contributed by atoms with Crippen LogP contribution in [-0.2, 0) is 0 Å². The zero-order valence-electron chi connectivity index (χ0n) is 14.3. The normalized spacial score (nSPS) is 23.2. The monoisotopic (exact) mass is 388 g/mol. The van der Waals surface area contributed by atoms with E-state index in [1.165, 1.54) is 50.2 Å². The summed E-state index contributed by atoms with van der Waals surface area (Å²) in [5.74, 6) is 0. The zero-order valence-corrected chi connectivity index (χ0v) is 15.9. The predicted molar refractivity (Wildman–Crippen MR) is 104 cm³/mol. The Kier molecular flexibility index (Phi) is 4.74. The molecule has 0 bridgehead atoms. The Balaban J connectivity index is 1.50. The summed E-state index contributed by atoms with van der Waals surface area (Å²) in [4.78, 5) is 12.4. The molecule has 5 heteroatoms. The van der Waals surface area contributed by atoms with Gasteiger partial charge >= 0.3 is 0 Å². The quantitative estimate of drug-likeness (QED) is 0.804. The number of aromatic nitrogens is 1. The molecule has 0 aliphatic carbocycles. The van der Waals surface area contributed by atoms with E-state index in [0.29, 0.717) is 6.04 Å². The summed E-state index contributed by atoms with van der Waals surface area (Å²) in [6.07, 6.45) is 3.21. The van der Waals surface area contributed by atoms with Crippen LogP contribution in [0.25, 0.3) is 10.9 Å². The largest absolute Gasteiger partial charge is 0.369 e. The first-order valence-electron chi connectivity index (χ1n) is 9.01. The van der Waals surface area contributed by atoms with Gasteiger partial charge in [0.25, 0.3) is 0 Å². The molecular weight excluding hydrogens is 364 g/mol. The SMILES string of the molecule is CCN1CCN(C2CCN(c3ccnc4c(Br)cccc34)C2)CC1. The second-order valence-electron chi connectivity index (χ2n) is 6.82. The van der Waals surface area contributed by atoms with Crippen LogP contribution in [0.5, 0.6) is 0 Å². The molecule has 0 amide bonds.